The Hall–Kier alpha value is -0.730. The first-order valence-corrected chi connectivity index (χ1v) is 10.5. The molecule has 8 heteroatoms. The largest absolute Gasteiger partial charge is 0.379 e. The quantitative estimate of drug-likeness (QED) is 0.739. The number of hydrogen-bond donors (Lipinski definition) is 1. The zero-order valence-electron chi connectivity index (χ0n) is 14.7. The van der Waals surface area contributed by atoms with Gasteiger partial charge in [0.05, 0.1) is 23.1 Å². The molecule has 1 aliphatic heterocycles. The van der Waals surface area contributed by atoms with Gasteiger partial charge in [0.1, 0.15) is 5.82 Å². The number of nitrogens with one attached hydrogen (secondary N) is 1. The zero-order chi connectivity index (χ0) is 18.4. The highest BCUT2D eigenvalue weighted by molar-refractivity contribution is 7.89. The van der Waals surface area contributed by atoms with Gasteiger partial charge in [-0.2, -0.15) is 0 Å². The molecule has 1 unspecified atom stereocenters. The van der Waals surface area contributed by atoms with Gasteiger partial charge in [-0.15, -0.1) is 0 Å². The van der Waals surface area contributed by atoms with Gasteiger partial charge < -0.3 is 4.74 Å². The number of benzene rings is 1. The molecule has 0 saturated carbocycles. The summed E-state index contributed by atoms with van der Waals surface area (Å²) >= 11 is 5.71. The number of morpholine rings is 1. The van der Waals surface area contributed by atoms with E-state index in [2.05, 4.69) is 23.5 Å². The van der Waals surface area contributed by atoms with Crippen LogP contribution in [-0.2, 0) is 14.8 Å². The van der Waals surface area contributed by atoms with Crippen molar-refractivity contribution in [2.24, 2.45) is 5.92 Å². The summed E-state index contributed by atoms with van der Waals surface area (Å²) in [6, 6.07) is 3.53. The van der Waals surface area contributed by atoms with Crippen LogP contribution in [0.2, 0.25) is 5.02 Å². The fraction of sp³-hybridized carbons (Fsp3) is 0.647. The summed E-state index contributed by atoms with van der Waals surface area (Å²) in [4.78, 5) is 2.27. The minimum Gasteiger partial charge on any atom is -0.379 e. The summed E-state index contributed by atoms with van der Waals surface area (Å²) < 4.78 is 46.5. The third-order valence-electron chi connectivity index (χ3n) is 4.79. The lowest BCUT2D eigenvalue weighted by Crippen LogP contribution is -2.52. The Labute approximate surface area is 154 Å². The van der Waals surface area contributed by atoms with Gasteiger partial charge in [-0.05, 0) is 24.1 Å². The van der Waals surface area contributed by atoms with E-state index >= 15 is 0 Å². The lowest BCUT2D eigenvalue weighted by Gasteiger charge is -2.38. The summed E-state index contributed by atoms with van der Waals surface area (Å²) in [7, 11) is -3.74. The maximum absolute atomic E-state index is 13.3. The Kier molecular flexibility index (Phi) is 7.64. The molecule has 142 valence electrons. The van der Waals surface area contributed by atoms with Gasteiger partial charge in [0, 0.05) is 25.7 Å². The molecule has 1 fully saturated rings. The second-order valence-electron chi connectivity index (χ2n) is 6.22. The van der Waals surface area contributed by atoms with Crippen molar-refractivity contribution in [3.63, 3.8) is 0 Å². The smallest absolute Gasteiger partial charge is 0.240 e. The van der Waals surface area contributed by atoms with Gasteiger partial charge in [0.15, 0.2) is 0 Å². The van der Waals surface area contributed by atoms with Crippen molar-refractivity contribution in [3.05, 3.63) is 29.0 Å². The number of hydrogen-bond acceptors (Lipinski definition) is 4. The summed E-state index contributed by atoms with van der Waals surface area (Å²) in [5.41, 5.74) is 0. The van der Waals surface area contributed by atoms with Gasteiger partial charge in [-0.3, -0.25) is 4.90 Å². The molecule has 1 aliphatic rings. The molecule has 0 radical (unpaired) electrons. The molecule has 1 heterocycles. The molecule has 5 nitrogen and oxygen atoms in total. The van der Waals surface area contributed by atoms with Crippen molar-refractivity contribution < 1.29 is 17.5 Å². The van der Waals surface area contributed by atoms with Crippen molar-refractivity contribution in [2.45, 2.75) is 37.6 Å². The van der Waals surface area contributed by atoms with Crippen LogP contribution in [0.25, 0.3) is 0 Å². The highest BCUT2D eigenvalue weighted by Gasteiger charge is 2.28. The lowest BCUT2D eigenvalue weighted by atomic mass is 9.92. The molecule has 0 bridgehead atoms. The van der Waals surface area contributed by atoms with Crippen LogP contribution in [0.5, 0.6) is 0 Å². The van der Waals surface area contributed by atoms with Crippen molar-refractivity contribution in [3.8, 4) is 0 Å². The maximum Gasteiger partial charge on any atom is 0.240 e. The van der Waals surface area contributed by atoms with E-state index < -0.39 is 15.8 Å². The molecule has 1 aromatic rings. The molecule has 0 aliphatic carbocycles. The van der Waals surface area contributed by atoms with Gasteiger partial charge in [-0.25, -0.2) is 17.5 Å². The van der Waals surface area contributed by atoms with Crippen molar-refractivity contribution >= 4 is 21.6 Å². The zero-order valence-corrected chi connectivity index (χ0v) is 16.2. The SMILES string of the molecule is CCC(CC)C(CNS(=O)(=O)c1ccc(F)c(Cl)c1)N1CCOCC1. The molecule has 1 aromatic carbocycles. The molecule has 0 amide bonds. The molecule has 0 spiro atoms. The maximum atomic E-state index is 13.3. The predicted molar refractivity (Wildman–Crippen MR) is 96.9 cm³/mol. The van der Waals surface area contributed by atoms with Crippen LogP contribution in [-0.4, -0.2) is 52.2 Å². The number of nitrogens with zero attached hydrogens (tertiary/aromatic N) is 1. The van der Waals surface area contributed by atoms with Crippen LogP contribution in [0.15, 0.2) is 23.1 Å². The monoisotopic (exact) mass is 392 g/mol. The Morgan fingerprint density at radius 2 is 1.92 bits per heavy atom. The number of rotatable bonds is 8. The molecule has 1 N–H and O–H groups in total. The van der Waals surface area contributed by atoms with Crippen LogP contribution in [0.1, 0.15) is 26.7 Å². The highest BCUT2D eigenvalue weighted by Crippen LogP contribution is 2.22. The minimum absolute atomic E-state index is 0.0239. The minimum atomic E-state index is -3.74. The standard InChI is InChI=1S/C17H26ClFN2O3S/c1-3-13(4-2)17(21-7-9-24-10-8-21)12-20-25(22,23)14-5-6-16(19)15(18)11-14/h5-6,11,13,17,20H,3-4,7-10,12H2,1-2H3. The van der Waals surface area contributed by atoms with E-state index in [-0.39, 0.29) is 16.0 Å². The third-order valence-corrected chi connectivity index (χ3v) is 6.50. The Morgan fingerprint density at radius 1 is 1.28 bits per heavy atom. The van der Waals surface area contributed by atoms with Crippen molar-refractivity contribution in [1.82, 2.24) is 9.62 Å². The van der Waals surface area contributed by atoms with E-state index in [1.165, 1.54) is 6.07 Å². The topological polar surface area (TPSA) is 58.6 Å². The van der Waals surface area contributed by atoms with E-state index in [1.54, 1.807) is 0 Å². The predicted octanol–water partition coefficient (Wildman–Crippen LogP) is 2.89. The third kappa shape index (κ3) is 5.37. The lowest BCUT2D eigenvalue weighted by molar-refractivity contribution is 0.00297. The van der Waals surface area contributed by atoms with E-state index in [0.29, 0.717) is 25.7 Å². The number of ether oxygens (including phenoxy) is 1. The van der Waals surface area contributed by atoms with Crippen molar-refractivity contribution in [1.29, 1.82) is 0 Å². The van der Waals surface area contributed by atoms with E-state index in [4.69, 9.17) is 16.3 Å². The van der Waals surface area contributed by atoms with Crippen LogP contribution in [0.4, 0.5) is 4.39 Å². The normalized spacial score (nSPS) is 17.8. The van der Waals surface area contributed by atoms with Crippen LogP contribution in [0, 0.1) is 11.7 Å². The van der Waals surface area contributed by atoms with E-state index in [9.17, 15) is 12.8 Å². The Balaban J connectivity index is 2.13. The highest BCUT2D eigenvalue weighted by atomic mass is 35.5. The first kappa shape index (κ1) is 20.6. The van der Waals surface area contributed by atoms with Crippen molar-refractivity contribution in [2.75, 3.05) is 32.8 Å². The second-order valence-corrected chi connectivity index (χ2v) is 8.39. The first-order chi connectivity index (χ1) is 11.9. The van der Waals surface area contributed by atoms with Crippen LogP contribution in [0.3, 0.4) is 0 Å². The van der Waals surface area contributed by atoms with Gasteiger partial charge in [-0.1, -0.05) is 38.3 Å². The summed E-state index contributed by atoms with van der Waals surface area (Å²) in [6.07, 6.45) is 1.95. The average Bonchev–Trinajstić information content (AvgIpc) is 2.61. The number of sulfonamides is 1. The fourth-order valence-corrected chi connectivity index (χ4v) is 4.58. The van der Waals surface area contributed by atoms with Crippen LogP contribution >= 0.6 is 11.6 Å². The molecular weight excluding hydrogens is 367 g/mol. The Morgan fingerprint density at radius 3 is 2.48 bits per heavy atom. The Bertz CT molecular complexity index is 662. The second kappa shape index (κ2) is 9.28. The van der Waals surface area contributed by atoms with Gasteiger partial charge in [0.25, 0.3) is 0 Å². The molecule has 2 rings (SSSR count). The van der Waals surface area contributed by atoms with E-state index in [1.807, 2.05) is 0 Å². The van der Waals surface area contributed by atoms with Gasteiger partial charge in [0.2, 0.25) is 10.0 Å². The molecular formula is C17H26ClFN2O3S. The fourth-order valence-electron chi connectivity index (χ4n) is 3.26. The molecule has 25 heavy (non-hydrogen) atoms. The summed E-state index contributed by atoms with van der Waals surface area (Å²) in [5, 5.41) is -0.201. The summed E-state index contributed by atoms with van der Waals surface area (Å²) in [6.45, 7) is 7.47. The average molecular weight is 393 g/mol. The molecule has 0 aromatic heterocycles. The molecule has 1 saturated heterocycles. The first-order valence-electron chi connectivity index (χ1n) is 8.65. The van der Waals surface area contributed by atoms with E-state index in [0.717, 1.165) is 38.1 Å². The van der Waals surface area contributed by atoms with Gasteiger partial charge >= 0.3 is 0 Å². The summed E-state index contributed by atoms with van der Waals surface area (Å²) in [5.74, 6) is -0.249. The van der Waals surface area contributed by atoms with Crippen LogP contribution < -0.4 is 4.72 Å². The number of halogens is 2. The molecule has 1 atom stereocenters.